The molecule has 94 valence electrons. The maximum Gasteiger partial charge on any atom is 0.270 e. The van der Waals surface area contributed by atoms with Crippen LogP contribution < -0.4 is 0 Å². The Morgan fingerprint density at radius 2 is 2.39 bits per heavy atom. The lowest BCUT2D eigenvalue weighted by Crippen LogP contribution is -2.47. The summed E-state index contributed by atoms with van der Waals surface area (Å²) in [7, 11) is 0. The number of carbonyl (C=O) groups is 1. The Morgan fingerprint density at radius 3 is 3.17 bits per heavy atom. The third kappa shape index (κ3) is 1.51. The van der Waals surface area contributed by atoms with Crippen LogP contribution in [0.3, 0.4) is 0 Å². The Balaban J connectivity index is 2.13. The number of carbonyl (C=O) groups excluding carboxylic acids is 1. The molecule has 1 aliphatic heterocycles. The average molecular weight is 245 g/mol. The van der Waals surface area contributed by atoms with Gasteiger partial charge in [-0.2, -0.15) is 0 Å². The standard InChI is InChI=1S/C13H15N3O2/c1-9-8-16-11-3-2-4-14-10(11)7-12(16)13(18)15(9)5-6-17/h2-4,7,9,17H,5-6,8H2,1H3/t9-/m1/s1. The van der Waals surface area contributed by atoms with Crippen molar-refractivity contribution in [3.8, 4) is 0 Å². The monoisotopic (exact) mass is 245 g/mol. The van der Waals surface area contributed by atoms with Gasteiger partial charge < -0.3 is 14.6 Å². The molecule has 0 saturated carbocycles. The number of nitrogens with zero attached hydrogens (tertiary/aromatic N) is 3. The van der Waals surface area contributed by atoms with Crippen LogP contribution >= 0.6 is 0 Å². The van der Waals surface area contributed by atoms with Gasteiger partial charge in [-0.05, 0) is 25.1 Å². The van der Waals surface area contributed by atoms with Gasteiger partial charge in [0.05, 0.1) is 17.6 Å². The predicted molar refractivity (Wildman–Crippen MR) is 67.3 cm³/mol. The number of rotatable bonds is 2. The second kappa shape index (κ2) is 4.10. The topological polar surface area (TPSA) is 58.4 Å². The average Bonchev–Trinajstić information content (AvgIpc) is 2.74. The van der Waals surface area contributed by atoms with Crippen LogP contribution in [-0.4, -0.2) is 44.7 Å². The molecule has 1 amide bonds. The smallest absolute Gasteiger partial charge is 0.270 e. The summed E-state index contributed by atoms with van der Waals surface area (Å²) in [5.41, 5.74) is 2.51. The van der Waals surface area contributed by atoms with Gasteiger partial charge in [0.1, 0.15) is 5.69 Å². The fraction of sp³-hybridized carbons (Fsp3) is 0.385. The summed E-state index contributed by atoms with van der Waals surface area (Å²) in [6, 6.07) is 5.78. The second-order valence-electron chi connectivity index (χ2n) is 4.62. The molecule has 2 aromatic heterocycles. The van der Waals surface area contributed by atoms with Gasteiger partial charge in [-0.15, -0.1) is 0 Å². The minimum absolute atomic E-state index is 0.00540. The molecule has 3 heterocycles. The molecule has 0 fully saturated rings. The first-order valence-corrected chi connectivity index (χ1v) is 6.08. The van der Waals surface area contributed by atoms with E-state index in [-0.39, 0.29) is 18.6 Å². The molecule has 0 saturated heterocycles. The summed E-state index contributed by atoms with van der Waals surface area (Å²) in [5, 5.41) is 9.03. The van der Waals surface area contributed by atoms with E-state index < -0.39 is 0 Å². The Labute approximate surface area is 105 Å². The van der Waals surface area contributed by atoms with Crippen LogP contribution in [0.1, 0.15) is 17.4 Å². The van der Waals surface area contributed by atoms with E-state index in [9.17, 15) is 4.79 Å². The van der Waals surface area contributed by atoms with E-state index in [1.807, 2.05) is 29.7 Å². The molecule has 0 unspecified atom stereocenters. The largest absolute Gasteiger partial charge is 0.395 e. The van der Waals surface area contributed by atoms with Crippen molar-refractivity contribution in [2.24, 2.45) is 0 Å². The van der Waals surface area contributed by atoms with Crippen molar-refractivity contribution in [2.75, 3.05) is 13.2 Å². The highest BCUT2D eigenvalue weighted by Crippen LogP contribution is 2.24. The predicted octanol–water partition coefficient (Wildman–Crippen LogP) is 0.873. The van der Waals surface area contributed by atoms with Gasteiger partial charge in [0.15, 0.2) is 0 Å². The SMILES string of the molecule is C[C@@H]1Cn2c(cc3ncccc32)C(=O)N1CCO. The molecule has 18 heavy (non-hydrogen) atoms. The minimum atomic E-state index is -0.0270. The van der Waals surface area contributed by atoms with E-state index in [1.165, 1.54) is 0 Å². The van der Waals surface area contributed by atoms with Crippen LogP contribution in [0.2, 0.25) is 0 Å². The van der Waals surface area contributed by atoms with Crippen molar-refractivity contribution >= 4 is 16.9 Å². The van der Waals surface area contributed by atoms with Crippen molar-refractivity contribution in [3.05, 3.63) is 30.1 Å². The van der Waals surface area contributed by atoms with Crippen molar-refractivity contribution in [3.63, 3.8) is 0 Å². The van der Waals surface area contributed by atoms with E-state index in [2.05, 4.69) is 4.98 Å². The van der Waals surface area contributed by atoms with Gasteiger partial charge in [0.25, 0.3) is 5.91 Å². The van der Waals surface area contributed by atoms with Gasteiger partial charge in [0.2, 0.25) is 0 Å². The van der Waals surface area contributed by atoms with E-state index in [4.69, 9.17) is 5.11 Å². The summed E-state index contributed by atoms with van der Waals surface area (Å²) in [5.74, 6) is -0.0270. The molecule has 0 bridgehead atoms. The van der Waals surface area contributed by atoms with Gasteiger partial charge in [-0.1, -0.05) is 0 Å². The van der Waals surface area contributed by atoms with Crippen LogP contribution in [0.15, 0.2) is 24.4 Å². The summed E-state index contributed by atoms with van der Waals surface area (Å²) in [6.45, 7) is 3.12. The molecule has 1 aliphatic rings. The molecule has 1 atom stereocenters. The van der Waals surface area contributed by atoms with Crippen LogP contribution in [0, 0.1) is 0 Å². The molecule has 0 aliphatic carbocycles. The highest BCUT2D eigenvalue weighted by molar-refractivity contribution is 5.98. The number of aliphatic hydroxyl groups excluding tert-OH is 1. The molecule has 0 spiro atoms. The first-order chi connectivity index (χ1) is 8.72. The molecular formula is C13H15N3O2. The van der Waals surface area contributed by atoms with Gasteiger partial charge >= 0.3 is 0 Å². The fourth-order valence-corrected chi connectivity index (χ4v) is 2.60. The zero-order chi connectivity index (χ0) is 12.7. The molecular weight excluding hydrogens is 230 g/mol. The summed E-state index contributed by atoms with van der Waals surface area (Å²) >= 11 is 0. The maximum atomic E-state index is 12.4. The minimum Gasteiger partial charge on any atom is -0.395 e. The lowest BCUT2D eigenvalue weighted by atomic mass is 10.2. The Hall–Kier alpha value is -1.88. The summed E-state index contributed by atoms with van der Waals surface area (Å²) < 4.78 is 2.02. The molecule has 5 heteroatoms. The lowest BCUT2D eigenvalue weighted by Gasteiger charge is -2.34. The zero-order valence-electron chi connectivity index (χ0n) is 10.2. The normalized spacial score (nSPS) is 19.3. The van der Waals surface area contributed by atoms with Crippen LogP contribution in [0.25, 0.3) is 11.0 Å². The number of hydrogen-bond donors (Lipinski definition) is 1. The van der Waals surface area contributed by atoms with Crippen molar-refractivity contribution < 1.29 is 9.90 Å². The Morgan fingerprint density at radius 1 is 1.56 bits per heavy atom. The van der Waals surface area contributed by atoms with E-state index in [0.29, 0.717) is 12.2 Å². The molecule has 3 rings (SSSR count). The third-order valence-electron chi connectivity index (χ3n) is 3.47. The number of β-amino-alcohol motifs (C(OH)–C–C–N with tert-alkyl or cyclic N) is 1. The first-order valence-electron chi connectivity index (χ1n) is 6.08. The van der Waals surface area contributed by atoms with Crippen molar-refractivity contribution in [1.82, 2.24) is 14.5 Å². The van der Waals surface area contributed by atoms with E-state index in [1.54, 1.807) is 11.1 Å². The highest BCUT2D eigenvalue weighted by atomic mass is 16.3. The van der Waals surface area contributed by atoms with E-state index >= 15 is 0 Å². The van der Waals surface area contributed by atoms with Crippen molar-refractivity contribution in [1.29, 1.82) is 0 Å². The van der Waals surface area contributed by atoms with Crippen LogP contribution in [0.4, 0.5) is 0 Å². The number of fused-ring (bicyclic) bond motifs is 3. The number of pyridine rings is 1. The second-order valence-corrected chi connectivity index (χ2v) is 4.62. The molecule has 5 nitrogen and oxygen atoms in total. The van der Waals surface area contributed by atoms with Crippen molar-refractivity contribution in [2.45, 2.75) is 19.5 Å². The third-order valence-corrected chi connectivity index (χ3v) is 3.47. The summed E-state index contributed by atoms with van der Waals surface area (Å²) in [4.78, 5) is 18.3. The quantitative estimate of drug-likeness (QED) is 0.854. The summed E-state index contributed by atoms with van der Waals surface area (Å²) in [6.07, 6.45) is 1.73. The molecule has 1 N–H and O–H groups in total. The number of amides is 1. The van der Waals surface area contributed by atoms with Gasteiger partial charge in [-0.25, -0.2) is 0 Å². The molecule has 0 radical (unpaired) electrons. The Bertz CT molecular complexity index is 605. The maximum absolute atomic E-state index is 12.4. The Kier molecular flexibility index (Phi) is 2.56. The van der Waals surface area contributed by atoms with E-state index in [0.717, 1.165) is 17.6 Å². The zero-order valence-corrected chi connectivity index (χ0v) is 10.2. The lowest BCUT2D eigenvalue weighted by molar-refractivity contribution is 0.0572. The fourth-order valence-electron chi connectivity index (χ4n) is 2.60. The first kappa shape index (κ1) is 11.2. The number of hydrogen-bond acceptors (Lipinski definition) is 3. The highest BCUT2D eigenvalue weighted by Gasteiger charge is 2.30. The van der Waals surface area contributed by atoms with Crippen LogP contribution in [-0.2, 0) is 6.54 Å². The molecule has 2 aromatic rings. The number of aromatic nitrogens is 2. The van der Waals surface area contributed by atoms with Crippen LogP contribution in [0.5, 0.6) is 0 Å². The molecule has 0 aromatic carbocycles. The van der Waals surface area contributed by atoms with Gasteiger partial charge in [-0.3, -0.25) is 9.78 Å². The van der Waals surface area contributed by atoms with Gasteiger partial charge in [0, 0.05) is 25.3 Å². The number of aliphatic hydroxyl groups is 1.